The lowest BCUT2D eigenvalue weighted by Gasteiger charge is -2.29. The lowest BCUT2D eigenvalue weighted by Crippen LogP contribution is -2.52. The highest BCUT2D eigenvalue weighted by atomic mass is 16.2. The van der Waals surface area contributed by atoms with E-state index in [4.69, 9.17) is 0 Å². The summed E-state index contributed by atoms with van der Waals surface area (Å²) in [5.74, 6) is -0.771. The Labute approximate surface area is 181 Å². The molecule has 3 heterocycles. The van der Waals surface area contributed by atoms with Crippen LogP contribution in [0.2, 0.25) is 0 Å². The Balaban J connectivity index is 1.43. The minimum absolute atomic E-state index is 0.127. The number of imide groups is 1. The first-order chi connectivity index (χ1) is 15.0. The Morgan fingerprint density at radius 3 is 2.71 bits per heavy atom. The number of hydrogen-bond donors (Lipinski definition) is 2. The van der Waals surface area contributed by atoms with Gasteiger partial charge in [-0.15, -0.1) is 0 Å². The SMILES string of the molecule is CC1CCN(Cc2cccc3c2CN(C2CCC(=O)NC2=O)C3=O)c2ccccc2N1. The Kier molecular flexibility index (Phi) is 4.88. The van der Waals surface area contributed by atoms with Gasteiger partial charge in [-0.1, -0.05) is 24.3 Å². The summed E-state index contributed by atoms with van der Waals surface area (Å²) in [5, 5.41) is 5.95. The van der Waals surface area contributed by atoms with Crippen LogP contribution >= 0.6 is 0 Å². The summed E-state index contributed by atoms with van der Waals surface area (Å²) in [6.45, 7) is 4.21. The van der Waals surface area contributed by atoms with Gasteiger partial charge in [-0.05, 0) is 49.1 Å². The number of piperidine rings is 1. The van der Waals surface area contributed by atoms with E-state index in [0.29, 0.717) is 31.1 Å². The maximum atomic E-state index is 13.1. The molecule has 7 nitrogen and oxygen atoms in total. The lowest BCUT2D eigenvalue weighted by atomic mass is 10.0. The first-order valence-electron chi connectivity index (χ1n) is 10.9. The molecule has 1 saturated heterocycles. The van der Waals surface area contributed by atoms with E-state index in [1.807, 2.05) is 24.3 Å². The van der Waals surface area contributed by atoms with Gasteiger partial charge in [0, 0.05) is 37.7 Å². The molecule has 31 heavy (non-hydrogen) atoms. The number of amides is 3. The van der Waals surface area contributed by atoms with Crippen molar-refractivity contribution in [2.75, 3.05) is 16.8 Å². The van der Waals surface area contributed by atoms with E-state index in [9.17, 15) is 14.4 Å². The van der Waals surface area contributed by atoms with Crippen LogP contribution < -0.4 is 15.5 Å². The number of nitrogens with zero attached hydrogens (tertiary/aromatic N) is 2. The summed E-state index contributed by atoms with van der Waals surface area (Å²) >= 11 is 0. The molecule has 0 bridgehead atoms. The maximum absolute atomic E-state index is 13.1. The molecule has 1 fully saturated rings. The molecule has 7 heteroatoms. The van der Waals surface area contributed by atoms with Crippen LogP contribution in [0.4, 0.5) is 11.4 Å². The number of nitrogens with one attached hydrogen (secondary N) is 2. The van der Waals surface area contributed by atoms with Crippen molar-refractivity contribution in [1.29, 1.82) is 0 Å². The van der Waals surface area contributed by atoms with Crippen LogP contribution in [0.15, 0.2) is 42.5 Å². The highest BCUT2D eigenvalue weighted by Crippen LogP contribution is 2.34. The highest BCUT2D eigenvalue weighted by Gasteiger charge is 2.39. The third-order valence-electron chi connectivity index (χ3n) is 6.52. The van der Waals surface area contributed by atoms with Crippen LogP contribution in [0.5, 0.6) is 0 Å². The lowest BCUT2D eigenvalue weighted by molar-refractivity contribution is -0.136. The van der Waals surface area contributed by atoms with Crippen molar-refractivity contribution >= 4 is 29.1 Å². The zero-order valence-electron chi connectivity index (χ0n) is 17.6. The molecular weight excluding hydrogens is 392 g/mol. The molecule has 160 valence electrons. The van der Waals surface area contributed by atoms with Gasteiger partial charge in [0.15, 0.2) is 0 Å². The molecule has 0 radical (unpaired) electrons. The number of rotatable bonds is 3. The number of carbonyl (C=O) groups is 3. The van der Waals surface area contributed by atoms with E-state index < -0.39 is 6.04 Å². The summed E-state index contributed by atoms with van der Waals surface area (Å²) < 4.78 is 0. The van der Waals surface area contributed by atoms with Crippen LogP contribution in [0.1, 0.15) is 47.7 Å². The normalized spacial score (nSPS) is 23.1. The number of fused-ring (bicyclic) bond motifs is 2. The summed E-state index contributed by atoms with van der Waals surface area (Å²) in [5.41, 5.74) is 5.04. The topological polar surface area (TPSA) is 81.8 Å². The zero-order chi connectivity index (χ0) is 21.5. The quantitative estimate of drug-likeness (QED) is 0.749. The number of para-hydroxylation sites is 2. The fraction of sp³-hybridized carbons (Fsp3) is 0.375. The van der Waals surface area contributed by atoms with Gasteiger partial charge in [0.05, 0.1) is 11.4 Å². The van der Waals surface area contributed by atoms with Gasteiger partial charge in [0.25, 0.3) is 5.91 Å². The third kappa shape index (κ3) is 3.54. The molecule has 0 spiro atoms. The molecule has 2 unspecified atom stereocenters. The number of carbonyl (C=O) groups excluding carboxylic acids is 3. The second-order valence-electron chi connectivity index (χ2n) is 8.62. The molecule has 3 aliphatic heterocycles. The predicted octanol–water partition coefficient (Wildman–Crippen LogP) is 2.66. The zero-order valence-corrected chi connectivity index (χ0v) is 17.6. The van der Waals surface area contributed by atoms with E-state index in [1.54, 1.807) is 4.90 Å². The second-order valence-corrected chi connectivity index (χ2v) is 8.62. The van der Waals surface area contributed by atoms with Gasteiger partial charge in [0.1, 0.15) is 6.04 Å². The molecule has 0 saturated carbocycles. The van der Waals surface area contributed by atoms with Gasteiger partial charge in [0.2, 0.25) is 11.8 Å². The Bertz CT molecular complexity index is 1070. The van der Waals surface area contributed by atoms with Gasteiger partial charge in [-0.3, -0.25) is 19.7 Å². The summed E-state index contributed by atoms with van der Waals surface area (Å²) in [6, 6.07) is 14.0. The minimum Gasteiger partial charge on any atom is -0.381 e. The van der Waals surface area contributed by atoms with Crippen molar-refractivity contribution in [2.45, 2.75) is 51.4 Å². The Morgan fingerprint density at radius 2 is 1.87 bits per heavy atom. The Morgan fingerprint density at radius 1 is 1.03 bits per heavy atom. The third-order valence-corrected chi connectivity index (χ3v) is 6.52. The van der Waals surface area contributed by atoms with Crippen molar-refractivity contribution < 1.29 is 14.4 Å². The standard InChI is InChI=1S/C24H26N4O3/c1-15-11-12-27(20-8-3-2-7-19(20)25-15)13-16-5-4-6-17-18(16)14-28(24(17)31)21-9-10-22(29)26-23(21)30/h2-8,15,21,25H,9-14H2,1H3,(H,26,29,30). The van der Waals surface area contributed by atoms with Crippen LogP contribution in [-0.4, -0.2) is 41.2 Å². The van der Waals surface area contributed by atoms with E-state index in [0.717, 1.165) is 35.5 Å². The molecule has 2 atom stereocenters. The average Bonchev–Trinajstić information content (AvgIpc) is 2.99. The summed E-state index contributed by atoms with van der Waals surface area (Å²) in [7, 11) is 0. The van der Waals surface area contributed by atoms with E-state index in [1.165, 1.54) is 0 Å². The molecule has 2 N–H and O–H groups in total. The highest BCUT2D eigenvalue weighted by molar-refractivity contribution is 6.05. The molecule has 0 aliphatic carbocycles. The fourth-order valence-electron chi connectivity index (χ4n) is 4.85. The monoisotopic (exact) mass is 418 g/mol. The molecular formula is C24H26N4O3. The van der Waals surface area contributed by atoms with E-state index >= 15 is 0 Å². The number of hydrogen-bond acceptors (Lipinski definition) is 5. The summed E-state index contributed by atoms with van der Waals surface area (Å²) in [6.07, 6.45) is 1.66. The summed E-state index contributed by atoms with van der Waals surface area (Å²) in [4.78, 5) is 41.0. The predicted molar refractivity (Wildman–Crippen MR) is 118 cm³/mol. The number of benzene rings is 2. The largest absolute Gasteiger partial charge is 0.381 e. The van der Waals surface area contributed by atoms with Crippen molar-refractivity contribution in [3.63, 3.8) is 0 Å². The van der Waals surface area contributed by atoms with Crippen molar-refractivity contribution in [1.82, 2.24) is 10.2 Å². The van der Waals surface area contributed by atoms with Crippen molar-refractivity contribution in [2.24, 2.45) is 0 Å². The van der Waals surface area contributed by atoms with Gasteiger partial charge >= 0.3 is 0 Å². The Hall–Kier alpha value is -3.35. The van der Waals surface area contributed by atoms with Gasteiger partial charge in [-0.25, -0.2) is 0 Å². The molecule has 3 aliphatic rings. The van der Waals surface area contributed by atoms with Crippen molar-refractivity contribution in [3.05, 3.63) is 59.2 Å². The smallest absolute Gasteiger partial charge is 0.255 e. The molecule has 2 aromatic carbocycles. The second kappa shape index (κ2) is 7.72. The van der Waals surface area contributed by atoms with Gasteiger partial charge in [-0.2, -0.15) is 0 Å². The van der Waals surface area contributed by atoms with E-state index in [-0.39, 0.29) is 24.1 Å². The van der Waals surface area contributed by atoms with Crippen LogP contribution in [0.25, 0.3) is 0 Å². The van der Waals surface area contributed by atoms with Crippen molar-refractivity contribution in [3.8, 4) is 0 Å². The van der Waals surface area contributed by atoms with Gasteiger partial charge < -0.3 is 15.1 Å². The molecule has 3 amide bonds. The first-order valence-corrected chi connectivity index (χ1v) is 10.9. The van der Waals surface area contributed by atoms with Crippen LogP contribution in [-0.2, 0) is 22.7 Å². The van der Waals surface area contributed by atoms with E-state index in [2.05, 4.69) is 40.7 Å². The van der Waals surface area contributed by atoms with Crippen LogP contribution in [0.3, 0.4) is 0 Å². The minimum atomic E-state index is -0.589. The van der Waals surface area contributed by atoms with Crippen LogP contribution in [0, 0.1) is 0 Å². The number of anilines is 2. The molecule has 0 aromatic heterocycles. The fourth-order valence-corrected chi connectivity index (χ4v) is 4.85. The maximum Gasteiger partial charge on any atom is 0.255 e. The first kappa shape index (κ1) is 19.6. The molecule has 5 rings (SSSR count). The average molecular weight is 418 g/mol. The molecule has 2 aromatic rings.